The number of nitrogens with zero attached hydrogens (tertiary/aromatic N) is 2. The van der Waals surface area contributed by atoms with Crippen LogP contribution in [0.25, 0.3) is 6.08 Å². The third-order valence-electron chi connectivity index (χ3n) is 4.89. The van der Waals surface area contributed by atoms with E-state index in [-0.39, 0.29) is 11.3 Å². The molecule has 2 aromatic carbocycles. The summed E-state index contributed by atoms with van der Waals surface area (Å²) in [5.41, 5.74) is 3.67. The lowest BCUT2D eigenvalue weighted by Crippen LogP contribution is -2.13. The summed E-state index contributed by atoms with van der Waals surface area (Å²) in [4.78, 5) is 19.1. The normalized spacial score (nSPS) is 11.7. The van der Waals surface area contributed by atoms with Crippen molar-refractivity contribution < 1.29 is 9.53 Å². The molecule has 0 fully saturated rings. The fourth-order valence-electron chi connectivity index (χ4n) is 3.37. The predicted molar refractivity (Wildman–Crippen MR) is 131 cm³/mol. The van der Waals surface area contributed by atoms with E-state index in [0.717, 1.165) is 29.0 Å². The Morgan fingerprint density at radius 3 is 2.50 bits per heavy atom. The van der Waals surface area contributed by atoms with E-state index in [1.54, 1.807) is 18.3 Å². The summed E-state index contributed by atoms with van der Waals surface area (Å²) in [6.07, 6.45) is 5.02. The summed E-state index contributed by atoms with van der Waals surface area (Å²) in [5, 5.41) is 2.90. The van der Waals surface area contributed by atoms with Crippen LogP contribution < -0.4 is 10.1 Å². The maximum absolute atomic E-state index is 12.7. The van der Waals surface area contributed by atoms with Crippen molar-refractivity contribution in [2.45, 2.75) is 32.7 Å². The van der Waals surface area contributed by atoms with E-state index in [2.05, 4.69) is 42.0 Å². The van der Waals surface area contributed by atoms with E-state index in [9.17, 15) is 4.79 Å². The number of rotatable bonds is 7. The number of hydrogen-bond donors (Lipinski definition) is 1. The first-order valence-electron chi connectivity index (χ1n) is 10.7. The van der Waals surface area contributed by atoms with Crippen LogP contribution in [0.5, 0.6) is 11.6 Å². The highest BCUT2D eigenvalue weighted by molar-refractivity contribution is 6.02. The Morgan fingerprint density at radius 1 is 1.03 bits per heavy atom. The zero-order valence-corrected chi connectivity index (χ0v) is 19.4. The molecular weight excluding hydrogens is 398 g/mol. The van der Waals surface area contributed by atoms with E-state index in [0.29, 0.717) is 11.6 Å². The number of benzene rings is 2. The first-order valence-corrected chi connectivity index (χ1v) is 10.7. The highest BCUT2D eigenvalue weighted by Gasteiger charge is 2.20. The standard InChI is InChI=1S/C27H31N3O2/c1-27(2,3)22-13-8-9-15-24(22)32-26-23(14-10-18-28-26)29-25(31)17-16-20-11-6-7-12-21(20)19-30(4)5/h6-18H,19H2,1-5H3,(H,29,31). The highest BCUT2D eigenvalue weighted by atomic mass is 16.5. The van der Waals surface area contributed by atoms with Crippen LogP contribution in [-0.4, -0.2) is 29.9 Å². The Balaban J connectivity index is 1.78. The molecule has 3 rings (SSSR count). The number of pyridine rings is 1. The molecular formula is C27H31N3O2. The van der Waals surface area contributed by atoms with Gasteiger partial charge >= 0.3 is 0 Å². The van der Waals surface area contributed by atoms with Gasteiger partial charge < -0.3 is 15.0 Å². The van der Waals surface area contributed by atoms with Crippen LogP contribution >= 0.6 is 0 Å². The Bertz CT molecular complexity index is 1100. The van der Waals surface area contributed by atoms with E-state index in [4.69, 9.17) is 4.74 Å². The summed E-state index contributed by atoms with van der Waals surface area (Å²) < 4.78 is 6.14. The average Bonchev–Trinajstić information content (AvgIpc) is 2.74. The van der Waals surface area contributed by atoms with Gasteiger partial charge in [0.15, 0.2) is 0 Å². The number of carbonyl (C=O) groups excluding carboxylic acids is 1. The second-order valence-electron chi connectivity index (χ2n) is 8.96. The Morgan fingerprint density at radius 2 is 1.75 bits per heavy atom. The quantitative estimate of drug-likeness (QED) is 0.476. The van der Waals surface area contributed by atoms with Crippen molar-refractivity contribution in [2.24, 2.45) is 0 Å². The number of aromatic nitrogens is 1. The average molecular weight is 430 g/mol. The van der Waals surface area contributed by atoms with Gasteiger partial charge in [-0.3, -0.25) is 4.79 Å². The van der Waals surface area contributed by atoms with Crippen LogP contribution in [0.1, 0.15) is 37.5 Å². The third kappa shape index (κ3) is 6.28. The lowest BCUT2D eigenvalue weighted by molar-refractivity contribution is -0.111. The van der Waals surface area contributed by atoms with Gasteiger partial charge in [0.1, 0.15) is 11.4 Å². The molecule has 1 N–H and O–H groups in total. The molecule has 0 spiro atoms. The van der Waals surface area contributed by atoms with Gasteiger partial charge in [-0.2, -0.15) is 0 Å². The zero-order valence-electron chi connectivity index (χ0n) is 19.4. The van der Waals surface area contributed by atoms with Gasteiger partial charge in [-0.15, -0.1) is 0 Å². The molecule has 0 saturated heterocycles. The summed E-state index contributed by atoms with van der Waals surface area (Å²) in [6, 6.07) is 19.5. The van der Waals surface area contributed by atoms with Crippen molar-refractivity contribution in [3.8, 4) is 11.6 Å². The van der Waals surface area contributed by atoms with E-state index >= 15 is 0 Å². The number of nitrogens with one attached hydrogen (secondary N) is 1. The molecule has 0 radical (unpaired) electrons. The number of amides is 1. The number of carbonyl (C=O) groups is 1. The first-order chi connectivity index (χ1) is 15.2. The monoisotopic (exact) mass is 429 g/mol. The van der Waals surface area contributed by atoms with Gasteiger partial charge in [-0.05, 0) is 54.9 Å². The molecule has 0 atom stereocenters. The predicted octanol–water partition coefficient (Wildman–Crippen LogP) is 5.88. The lowest BCUT2D eigenvalue weighted by atomic mass is 9.86. The molecule has 0 bridgehead atoms. The van der Waals surface area contributed by atoms with Gasteiger partial charge in [0.05, 0.1) is 0 Å². The van der Waals surface area contributed by atoms with E-state index in [1.807, 2.05) is 62.6 Å². The summed E-state index contributed by atoms with van der Waals surface area (Å²) in [5.74, 6) is 0.841. The molecule has 5 nitrogen and oxygen atoms in total. The summed E-state index contributed by atoms with van der Waals surface area (Å²) in [6.45, 7) is 7.20. The van der Waals surface area contributed by atoms with Crippen molar-refractivity contribution in [1.29, 1.82) is 0 Å². The summed E-state index contributed by atoms with van der Waals surface area (Å²) >= 11 is 0. The molecule has 0 saturated carbocycles. The van der Waals surface area contributed by atoms with Crippen LogP contribution in [0.15, 0.2) is 72.9 Å². The van der Waals surface area contributed by atoms with Crippen LogP contribution in [0, 0.1) is 0 Å². The fourth-order valence-corrected chi connectivity index (χ4v) is 3.37. The van der Waals surface area contributed by atoms with Crippen LogP contribution in [-0.2, 0) is 16.8 Å². The number of hydrogen-bond acceptors (Lipinski definition) is 4. The van der Waals surface area contributed by atoms with Crippen molar-refractivity contribution in [3.05, 3.63) is 89.6 Å². The zero-order chi connectivity index (χ0) is 23.1. The molecule has 32 heavy (non-hydrogen) atoms. The minimum Gasteiger partial charge on any atom is -0.437 e. The lowest BCUT2D eigenvalue weighted by Gasteiger charge is -2.22. The molecule has 1 amide bonds. The van der Waals surface area contributed by atoms with Gasteiger partial charge in [-0.1, -0.05) is 63.2 Å². The smallest absolute Gasteiger partial charge is 0.248 e. The second kappa shape index (κ2) is 10.2. The maximum atomic E-state index is 12.7. The molecule has 1 heterocycles. The highest BCUT2D eigenvalue weighted by Crippen LogP contribution is 2.35. The molecule has 0 unspecified atom stereocenters. The van der Waals surface area contributed by atoms with Crippen LogP contribution in [0.2, 0.25) is 0 Å². The second-order valence-corrected chi connectivity index (χ2v) is 8.96. The van der Waals surface area contributed by atoms with Crippen molar-refractivity contribution in [2.75, 3.05) is 19.4 Å². The number of anilines is 1. The fraction of sp³-hybridized carbons (Fsp3) is 0.259. The largest absolute Gasteiger partial charge is 0.437 e. The van der Waals surface area contributed by atoms with Gasteiger partial charge in [0.25, 0.3) is 0 Å². The van der Waals surface area contributed by atoms with Gasteiger partial charge in [0.2, 0.25) is 11.8 Å². The molecule has 0 aliphatic carbocycles. The van der Waals surface area contributed by atoms with Crippen molar-refractivity contribution in [1.82, 2.24) is 9.88 Å². The minimum absolute atomic E-state index is 0.0858. The topological polar surface area (TPSA) is 54.5 Å². The Labute approximate surface area is 190 Å². The van der Waals surface area contributed by atoms with E-state index in [1.165, 1.54) is 6.08 Å². The summed E-state index contributed by atoms with van der Waals surface area (Å²) in [7, 11) is 4.05. The molecule has 166 valence electrons. The number of para-hydroxylation sites is 1. The maximum Gasteiger partial charge on any atom is 0.248 e. The molecule has 0 aliphatic rings. The van der Waals surface area contributed by atoms with Crippen molar-refractivity contribution in [3.63, 3.8) is 0 Å². The minimum atomic E-state index is -0.244. The van der Waals surface area contributed by atoms with Crippen molar-refractivity contribution >= 4 is 17.7 Å². The third-order valence-corrected chi connectivity index (χ3v) is 4.89. The van der Waals surface area contributed by atoms with E-state index < -0.39 is 0 Å². The molecule has 5 heteroatoms. The van der Waals surface area contributed by atoms with Gasteiger partial charge in [0, 0.05) is 24.4 Å². The van der Waals surface area contributed by atoms with Gasteiger partial charge in [-0.25, -0.2) is 4.98 Å². The molecule has 0 aliphatic heterocycles. The first kappa shape index (κ1) is 23.2. The SMILES string of the molecule is CN(C)Cc1ccccc1C=CC(=O)Nc1cccnc1Oc1ccccc1C(C)(C)C. The number of ether oxygens (including phenoxy) is 1. The Hall–Kier alpha value is -3.44. The molecule has 3 aromatic rings. The molecule has 1 aromatic heterocycles. The van der Waals surface area contributed by atoms with Crippen LogP contribution in [0.3, 0.4) is 0 Å². The van der Waals surface area contributed by atoms with Crippen LogP contribution in [0.4, 0.5) is 5.69 Å². The Kier molecular flexibility index (Phi) is 7.44.